The molecule has 1 aliphatic rings. The summed E-state index contributed by atoms with van der Waals surface area (Å²) in [7, 11) is 0. The molecule has 1 rings (SSSR count). The first-order valence-corrected chi connectivity index (χ1v) is 4.08. The van der Waals surface area contributed by atoms with Crippen LogP contribution in [0.2, 0.25) is 0 Å². The highest BCUT2D eigenvalue weighted by Crippen LogP contribution is 2.25. The average Bonchev–Trinajstić information content (AvgIpc) is 1.96. The van der Waals surface area contributed by atoms with E-state index in [-0.39, 0.29) is 12.0 Å². The Labute approximate surface area is 71.2 Å². The standard InChI is InChI=1S/C8H14O4/c1-4-3-6(9)5(2)7(12-4)8(10)11/h4-7,9H,3H2,1-2H3,(H,10,11)/t4?,5-,6?,7-/m0/s1. The second-order valence-electron chi connectivity index (χ2n) is 3.37. The molecule has 0 aromatic carbocycles. The van der Waals surface area contributed by atoms with E-state index in [1.165, 1.54) is 0 Å². The van der Waals surface area contributed by atoms with E-state index < -0.39 is 18.2 Å². The van der Waals surface area contributed by atoms with Crippen molar-refractivity contribution < 1.29 is 19.7 Å². The minimum atomic E-state index is -0.992. The minimum Gasteiger partial charge on any atom is -0.479 e. The third-order valence-corrected chi connectivity index (χ3v) is 2.28. The first-order chi connectivity index (χ1) is 5.52. The number of carboxylic acid groups (broad SMARTS) is 1. The van der Waals surface area contributed by atoms with Crippen molar-refractivity contribution in [2.24, 2.45) is 5.92 Å². The quantitative estimate of drug-likeness (QED) is 0.597. The lowest BCUT2D eigenvalue weighted by Gasteiger charge is -2.34. The van der Waals surface area contributed by atoms with Gasteiger partial charge < -0.3 is 14.9 Å². The van der Waals surface area contributed by atoms with Crippen molar-refractivity contribution in [3.8, 4) is 0 Å². The average molecular weight is 174 g/mol. The van der Waals surface area contributed by atoms with Crippen LogP contribution in [0.3, 0.4) is 0 Å². The van der Waals surface area contributed by atoms with Gasteiger partial charge in [0.1, 0.15) is 0 Å². The summed E-state index contributed by atoms with van der Waals surface area (Å²) in [4.78, 5) is 10.6. The van der Waals surface area contributed by atoms with E-state index in [4.69, 9.17) is 9.84 Å². The number of carbonyl (C=O) groups is 1. The van der Waals surface area contributed by atoms with Crippen LogP contribution in [0.15, 0.2) is 0 Å². The van der Waals surface area contributed by atoms with Gasteiger partial charge in [-0.2, -0.15) is 0 Å². The molecule has 1 aliphatic heterocycles. The number of hydrogen-bond acceptors (Lipinski definition) is 3. The largest absolute Gasteiger partial charge is 0.479 e. The molecule has 0 radical (unpaired) electrons. The summed E-state index contributed by atoms with van der Waals surface area (Å²) in [6.07, 6.45) is -1.07. The minimum absolute atomic E-state index is 0.169. The van der Waals surface area contributed by atoms with E-state index in [0.717, 1.165) is 0 Å². The van der Waals surface area contributed by atoms with Crippen LogP contribution < -0.4 is 0 Å². The van der Waals surface area contributed by atoms with Crippen LogP contribution in [-0.4, -0.2) is 34.5 Å². The molecular weight excluding hydrogens is 160 g/mol. The van der Waals surface area contributed by atoms with Crippen LogP contribution in [0.4, 0.5) is 0 Å². The number of aliphatic carboxylic acids is 1. The first-order valence-electron chi connectivity index (χ1n) is 4.08. The number of hydrogen-bond donors (Lipinski definition) is 2. The molecule has 2 unspecified atom stereocenters. The molecule has 1 heterocycles. The molecule has 0 spiro atoms. The van der Waals surface area contributed by atoms with Crippen molar-refractivity contribution in [1.29, 1.82) is 0 Å². The number of aliphatic hydroxyl groups is 1. The van der Waals surface area contributed by atoms with Crippen molar-refractivity contribution >= 4 is 5.97 Å². The van der Waals surface area contributed by atoms with E-state index in [1.807, 2.05) is 0 Å². The molecule has 1 saturated heterocycles. The molecule has 4 atom stereocenters. The van der Waals surface area contributed by atoms with Gasteiger partial charge in [0.15, 0.2) is 6.10 Å². The molecule has 0 aromatic rings. The van der Waals surface area contributed by atoms with E-state index in [9.17, 15) is 9.90 Å². The second kappa shape index (κ2) is 3.41. The fourth-order valence-corrected chi connectivity index (χ4v) is 1.47. The Balaban J connectivity index is 2.66. The SMILES string of the molecule is CC1CC(O)[C@H](C)[C@@H](C(=O)O)O1. The molecule has 70 valence electrons. The van der Waals surface area contributed by atoms with Gasteiger partial charge in [-0.1, -0.05) is 6.92 Å². The summed E-state index contributed by atoms with van der Waals surface area (Å²) in [6.45, 7) is 3.46. The van der Waals surface area contributed by atoms with Crippen LogP contribution >= 0.6 is 0 Å². The van der Waals surface area contributed by atoms with E-state index in [2.05, 4.69) is 0 Å². The lowest BCUT2D eigenvalue weighted by Crippen LogP contribution is -2.45. The fraction of sp³-hybridized carbons (Fsp3) is 0.875. The highest BCUT2D eigenvalue weighted by molar-refractivity contribution is 5.72. The van der Waals surface area contributed by atoms with Crippen LogP contribution in [0.1, 0.15) is 20.3 Å². The van der Waals surface area contributed by atoms with Gasteiger partial charge in [0.25, 0.3) is 0 Å². The van der Waals surface area contributed by atoms with Gasteiger partial charge in [-0.05, 0) is 13.3 Å². The number of rotatable bonds is 1. The van der Waals surface area contributed by atoms with E-state index in [1.54, 1.807) is 13.8 Å². The smallest absolute Gasteiger partial charge is 0.333 e. The van der Waals surface area contributed by atoms with Gasteiger partial charge in [-0.25, -0.2) is 4.79 Å². The maximum Gasteiger partial charge on any atom is 0.333 e. The fourth-order valence-electron chi connectivity index (χ4n) is 1.47. The maximum atomic E-state index is 10.6. The van der Waals surface area contributed by atoms with Gasteiger partial charge in [0.2, 0.25) is 0 Å². The first kappa shape index (κ1) is 9.48. The highest BCUT2D eigenvalue weighted by atomic mass is 16.5. The van der Waals surface area contributed by atoms with Crippen molar-refractivity contribution in [1.82, 2.24) is 0 Å². The van der Waals surface area contributed by atoms with Gasteiger partial charge in [0.05, 0.1) is 12.2 Å². The van der Waals surface area contributed by atoms with E-state index >= 15 is 0 Å². The van der Waals surface area contributed by atoms with Crippen LogP contribution in [-0.2, 0) is 9.53 Å². The normalized spacial score (nSPS) is 42.6. The van der Waals surface area contributed by atoms with Gasteiger partial charge in [0, 0.05) is 5.92 Å². The molecule has 0 saturated carbocycles. The summed E-state index contributed by atoms with van der Waals surface area (Å²) < 4.78 is 5.17. The zero-order chi connectivity index (χ0) is 9.30. The molecule has 0 amide bonds. The van der Waals surface area contributed by atoms with Crippen molar-refractivity contribution in [2.45, 2.75) is 38.6 Å². The summed E-state index contributed by atoms with van der Waals surface area (Å²) in [5.74, 6) is -1.31. The van der Waals surface area contributed by atoms with Gasteiger partial charge in [-0.3, -0.25) is 0 Å². The Bertz CT molecular complexity index is 180. The molecule has 2 N–H and O–H groups in total. The Kier molecular flexibility index (Phi) is 2.69. The predicted molar refractivity (Wildman–Crippen MR) is 41.8 cm³/mol. The second-order valence-corrected chi connectivity index (χ2v) is 3.37. The maximum absolute atomic E-state index is 10.6. The summed E-state index contributed by atoms with van der Waals surface area (Å²) >= 11 is 0. The van der Waals surface area contributed by atoms with Crippen LogP contribution in [0.5, 0.6) is 0 Å². The molecule has 1 fully saturated rings. The molecule has 0 aliphatic carbocycles. The molecule has 0 bridgehead atoms. The van der Waals surface area contributed by atoms with Crippen molar-refractivity contribution in [3.05, 3.63) is 0 Å². The van der Waals surface area contributed by atoms with Crippen molar-refractivity contribution in [3.63, 3.8) is 0 Å². The lowest BCUT2D eigenvalue weighted by atomic mass is 9.91. The third-order valence-electron chi connectivity index (χ3n) is 2.28. The third kappa shape index (κ3) is 1.76. The molecule has 4 heteroatoms. The molecule has 4 nitrogen and oxygen atoms in total. The van der Waals surface area contributed by atoms with Crippen LogP contribution in [0.25, 0.3) is 0 Å². The van der Waals surface area contributed by atoms with Gasteiger partial charge >= 0.3 is 5.97 Å². The van der Waals surface area contributed by atoms with Crippen LogP contribution in [0, 0.1) is 5.92 Å². The topological polar surface area (TPSA) is 66.8 Å². The molecule has 12 heavy (non-hydrogen) atoms. The zero-order valence-corrected chi connectivity index (χ0v) is 7.23. The van der Waals surface area contributed by atoms with Gasteiger partial charge in [-0.15, -0.1) is 0 Å². The van der Waals surface area contributed by atoms with Crippen molar-refractivity contribution in [2.75, 3.05) is 0 Å². The van der Waals surface area contributed by atoms with E-state index in [0.29, 0.717) is 6.42 Å². The molecule has 0 aromatic heterocycles. The Morgan fingerprint density at radius 2 is 2.08 bits per heavy atom. The zero-order valence-electron chi connectivity index (χ0n) is 7.23. The number of ether oxygens (including phenoxy) is 1. The molecular formula is C8H14O4. The monoisotopic (exact) mass is 174 g/mol. The predicted octanol–water partition coefficient (Wildman–Crippen LogP) is 0.245. The number of aliphatic hydroxyl groups excluding tert-OH is 1. The Morgan fingerprint density at radius 1 is 1.50 bits per heavy atom. The Hall–Kier alpha value is -0.610. The summed E-state index contributed by atoms with van der Waals surface area (Å²) in [6, 6.07) is 0. The number of carboxylic acids is 1. The summed E-state index contributed by atoms with van der Waals surface area (Å²) in [5.41, 5.74) is 0. The lowest BCUT2D eigenvalue weighted by molar-refractivity contribution is -0.175. The summed E-state index contributed by atoms with van der Waals surface area (Å²) in [5, 5.41) is 18.1. The Morgan fingerprint density at radius 3 is 2.58 bits per heavy atom. The highest BCUT2D eigenvalue weighted by Gasteiger charge is 2.37.